The minimum absolute atomic E-state index is 0.0478. The van der Waals surface area contributed by atoms with Crippen LogP contribution in [-0.4, -0.2) is 50.6 Å². The first-order chi connectivity index (χ1) is 10.5. The molecule has 1 unspecified atom stereocenters. The van der Waals surface area contributed by atoms with Crippen molar-refractivity contribution in [1.82, 2.24) is 10.2 Å². The Kier molecular flexibility index (Phi) is 3.68. The van der Waals surface area contributed by atoms with Gasteiger partial charge in [-0.2, -0.15) is 0 Å². The van der Waals surface area contributed by atoms with E-state index in [-0.39, 0.29) is 17.2 Å². The second kappa shape index (κ2) is 5.51. The predicted octanol–water partition coefficient (Wildman–Crippen LogP) is 1.06. The molecule has 0 aliphatic carbocycles. The summed E-state index contributed by atoms with van der Waals surface area (Å²) in [7, 11) is 3.12. The highest BCUT2D eigenvalue weighted by Crippen LogP contribution is 2.37. The summed E-state index contributed by atoms with van der Waals surface area (Å²) in [6.45, 7) is 1.95. The molecule has 6 heteroatoms. The van der Waals surface area contributed by atoms with Gasteiger partial charge in [-0.15, -0.1) is 0 Å². The number of likely N-dealkylation sites (tertiary alicyclic amines) is 1. The molecule has 2 heterocycles. The molecule has 6 nitrogen and oxygen atoms in total. The first-order valence-corrected chi connectivity index (χ1v) is 7.34. The van der Waals surface area contributed by atoms with Crippen molar-refractivity contribution in [2.45, 2.75) is 12.8 Å². The summed E-state index contributed by atoms with van der Waals surface area (Å²) in [5.74, 6) is 1.22. The number of hydrogen-bond acceptors (Lipinski definition) is 4. The summed E-state index contributed by atoms with van der Waals surface area (Å²) in [6, 6.07) is 5.17. The molecule has 1 spiro atoms. The second-order valence-corrected chi connectivity index (χ2v) is 6.03. The van der Waals surface area contributed by atoms with Gasteiger partial charge < -0.3 is 19.7 Å². The molecule has 1 atom stereocenters. The lowest BCUT2D eigenvalue weighted by atomic mass is 9.86. The van der Waals surface area contributed by atoms with E-state index in [2.05, 4.69) is 5.32 Å². The molecule has 22 heavy (non-hydrogen) atoms. The number of carbonyl (C=O) groups excluding carboxylic acids is 2. The summed E-state index contributed by atoms with van der Waals surface area (Å²) in [5.41, 5.74) is 0.459. The fraction of sp³-hybridized carbons (Fsp3) is 0.500. The Balaban J connectivity index is 1.79. The fourth-order valence-corrected chi connectivity index (χ4v) is 3.26. The minimum atomic E-state index is -0.0876. The molecule has 1 aromatic rings. The zero-order valence-corrected chi connectivity index (χ0v) is 12.8. The molecule has 1 N–H and O–H groups in total. The van der Waals surface area contributed by atoms with Crippen molar-refractivity contribution in [1.29, 1.82) is 0 Å². The Bertz CT molecular complexity index is 594. The Morgan fingerprint density at radius 1 is 1.23 bits per heavy atom. The van der Waals surface area contributed by atoms with Crippen molar-refractivity contribution >= 4 is 11.8 Å². The van der Waals surface area contributed by atoms with Crippen molar-refractivity contribution in [3.63, 3.8) is 0 Å². The van der Waals surface area contributed by atoms with E-state index >= 15 is 0 Å². The van der Waals surface area contributed by atoms with Crippen LogP contribution < -0.4 is 14.8 Å². The molecule has 2 saturated heterocycles. The summed E-state index contributed by atoms with van der Waals surface area (Å²) >= 11 is 0. The van der Waals surface area contributed by atoms with Crippen molar-refractivity contribution in [2.75, 3.05) is 33.9 Å². The van der Waals surface area contributed by atoms with Crippen LogP contribution in [0.25, 0.3) is 0 Å². The van der Waals surface area contributed by atoms with Crippen LogP contribution in [0.2, 0.25) is 0 Å². The maximum absolute atomic E-state index is 12.7. The molecule has 2 amide bonds. The van der Waals surface area contributed by atoms with E-state index in [4.69, 9.17) is 9.47 Å². The first-order valence-electron chi connectivity index (χ1n) is 7.34. The van der Waals surface area contributed by atoms with Gasteiger partial charge in [-0.1, -0.05) is 0 Å². The van der Waals surface area contributed by atoms with Crippen LogP contribution in [0.1, 0.15) is 23.2 Å². The average Bonchev–Trinajstić information content (AvgIpc) is 3.12. The van der Waals surface area contributed by atoms with E-state index in [1.807, 2.05) is 4.90 Å². The molecule has 2 aliphatic rings. The zero-order valence-electron chi connectivity index (χ0n) is 12.8. The van der Waals surface area contributed by atoms with Gasteiger partial charge in [0, 0.05) is 43.1 Å². The lowest BCUT2D eigenvalue weighted by Gasteiger charge is -2.22. The van der Waals surface area contributed by atoms with Gasteiger partial charge in [0.05, 0.1) is 14.2 Å². The Morgan fingerprint density at radius 2 is 1.91 bits per heavy atom. The van der Waals surface area contributed by atoms with Crippen LogP contribution in [-0.2, 0) is 4.79 Å². The van der Waals surface area contributed by atoms with Crippen molar-refractivity contribution in [3.05, 3.63) is 23.8 Å². The van der Waals surface area contributed by atoms with Gasteiger partial charge in [0.2, 0.25) is 5.91 Å². The number of hydrogen-bond donors (Lipinski definition) is 1. The van der Waals surface area contributed by atoms with Crippen LogP contribution in [0.3, 0.4) is 0 Å². The van der Waals surface area contributed by atoms with Crippen LogP contribution in [0.4, 0.5) is 0 Å². The third-order valence-corrected chi connectivity index (χ3v) is 4.52. The largest absolute Gasteiger partial charge is 0.497 e. The van der Waals surface area contributed by atoms with Gasteiger partial charge in [-0.25, -0.2) is 0 Å². The quantitative estimate of drug-likeness (QED) is 0.906. The Morgan fingerprint density at radius 3 is 2.45 bits per heavy atom. The Hall–Kier alpha value is -2.24. The number of amides is 2. The predicted molar refractivity (Wildman–Crippen MR) is 80.1 cm³/mol. The molecule has 0 saturated carbocycles. The van der Waals surface area contributed by atoms with Gasteiger partial charge >= 0.3 is 0 Å². The highest BCUT2D eigenvalue weighted by Gasteiger charge is 2.45. The molecule has 0 bridgehead atoms. The molecular weight excluding hydrogens is 284 g/mol. The van der Waals surface area contributed by atoms with Crippen molar-refractivity contribution < 1.29 is 19.1 Å². The fourth-order valence-electron chi connectivity index (χ4n) is 3.26. The van der Waals surface area contributed by atoms with E-state index in [0.717, 1.165) is 6.42 Å². The van der Waals surface area contributed by atoms with Crippen LogP contribution in [0, 0.1) is 5.41 Å². The monoisotopic (exact) mass is 304 g/mol. The number of rotatable bonds is 3. The van der Waals surface area contributed by atoms with Gasteiger partial charge in [0.1, 0.15) is 11.5 Å². The van der Waals surface area contributed by atoms with E-state index < -0.39 is 0 Å². The maximum Gasteiger partial charge on any atom is 0.254 e. The number of benzene rings is 1. The lowest BCUT2D eigenvalue weighted by Crippen LogP contribution is -2.33. The molecular formula is C16H20N2O4. The van der Waals surface area contributed by atoms with Crippen molar-refractivity contribution in [3.8, 4) is 11.5 Å². The molecule has 0 aromatic heterocycles. The molecule has 0 radical (unpaired) electrons. The van der Waals surface area contributed by atoms with Crippen LogP contribution >= 0.6 is 0 Å². The highest BCUT2D eigenvalue weighted by atomic mass is 16.5. The number of nitrogens with zero attached hydrogens (tertiary/aromatic N) is 1. The summed E-state index contributed by atoms with van der Waals surface area (Å²) in [6.07, 6.45) is 1.37. The normalized spacial score (nSPS) is 23.7. The summed E-state index contributed by atoms with van der Waals surface area (Å²) in [4.78, 5) is 26.0. The second-order valence-electron chi connectivity index (χ2n) is 6.03. The average molecular weight is 304 g/mol. The number of carbonyl (C=O) groups is 2. The molecule has 2 fully saturated rings. The molecule has 3 rings (SSSR count). The number of ether oxygens (including phenoxy) is 2. The third-order valence-electron chi connectivity index (χ3n) is 4.52. The van der Waals surface area contributed by atoms with Gasteiger partial charge in [0.25, 0.3) is 5.91 Å². The van der Waals surface area contributed by atoms with Gasteiger partial charge in [0.15, 0.2) is 0 Å². The highest BCUT2D eigenvalue weighted by molar-refractivity contribution is 5.95. The van der Waals surface area contributed by atoms with Crippen molar-refractivity contribution in [2.24, 2.45) is 5.41 Å². The van der Waals surface area contributed by atoms with E-state index in [9.17, 15) is 9.59 Å². The minimum Gasteiger partial charge on any atom is -0.497 e. The Labute approximate surface area is 129 Å². The standard InChI is InChI=1S/C16H20N2O4/c1-21-12-5-11(6-13(7-12)22-2)15(20)18-4-3-16(10-18)8-14(19)17-9-16/h5-7H,3-4,8-10H2,1-2H3,(H,17,19). The lowest BCUT2D eigenvalue weighted by molar-refractivity contribution is -0.119. The third kappa shape index (κ3) is 2.61. The van der Waals surface area contributed by atoms with E-state index in [1.165, 1.54) is 0 Å². The summed E-state index contributed by atoms with van der Waals surface area (Å²) in [5, 5.41) is 2.87. The van der Waals surface area contributed by atoms with Crippen LogP contribution in [0.5, 0.6) is 11.5 Å². The zero-order chi connectivity index (χ0) is 15.7. The summed E-state index contributed by atoms with van der Waals surface area (Å²) < 4.78 is 10.4. The van der Waals surface area contributed by atoms with Gasteiger partial charge in [-0.3, -0.25) is 9.59 Å². The SMILES string of the molecule is COc1cc(OC)cc(C(=O)N2CCC3(CNC(=O)C3)C2)c1. The van der Waals surface area contributed by atoms with E-state index in [0.29, 0.717) is 43.1 Å². The van der Waals surface area contributed by atoms with Crippen LogP contribution in [0.15, 0.2) is 18.2 Å². The molecule has 118 valence electrons. The first kappa shape index (κ1) is 14.7. The topological polar surface area (TPSA) is 67.9 Å². The van der Waals surface area contributed by atoms with Gasteiger partial charge in [-0.05, 0) is 18.6 Å². The molecule has 2 aliphatic heterocycles. The number of nitrogens with one attached hydrogen (secondary N) is 1. The number of methoxy groups -OCH3 is 2. The smallest absolute Gasteiger partial charge is 0.254 e. The van der Waals surface area contributed by atoms with E-state index in [1.54, 1.807) is 32.4 Å². The molecule has 1 aromatic carbocycles. The maximum atomic E-state index is 12.7.